The minimum absolute atomic E-state index is 0.121. The van der Waals surface area contributed by atoms with Gasteiger partial charge in [-0.25, -0.2) is 4.90 Å². The molecule has 9 rings (SSSR count). The summed E-state index contributed by atoms with van der Waals surface area (Å²) in [6.45, 7) is 0.367. The maximum Gasteiger partial charge on any atom is 0.238 e. The summed E-state index contributed by atoms with van der Waals surface area (Å²) in [4.78, 5) is 62.2. The molecule has 3 aliphatic rings. The molecule has 2 aliphatic heterocycles. The van der Waals surface area contributed by atoms with Crippen LogP contribution in [0.2, 0.25) is 0 Å². The molecule has 1 saturated carbocycles. The van der Waals surface area contributed by atoms with E-state index in [-0.39, 0.29) is 23.6 Å². The molecule has 4 aromatic heterocycles. The van der Waals surface area contributed by atoms with E-state index in [2.05, 4.69) is 26.0 Å². The average molecular weight is 641 g/mol. The van der Waals surface area contributed by atoms with E-state index < -0.39 is 17.8 Å². The van der Waals surface area contributed by atoms with Gasteiger partial charge in [-0.3, -0.25) is 34.3 Å². The van der Waals surface area contributed by atoms with Gasteiger partial charge in [-0.05, 0) is 129 Å². The highest BCUT2D eigenvalue weighted by Gasteiger charge is 2.70. The van der Waals surface area contributed by atoms with Gasteiger partial charge in [0.05, 0.1) is 23.4 Å². The first-order valence-corrected chi connectivity index (χ1v) is 16.2. The lowest BCUT2D eigenvalue weighted by molar-refractivity contribution is -0.141. The van der Waals surface area contributed by atoms with Crippen molar-refractivity contribution in [3.05, 3.63) is 135 Å². The fourth-order valence-electron chi connectivity index (χ4n) is 7.77. The largest absolute Gasteiger partial charge is 0.312 e. The topological polar surface area (TPSA) is 109 Å². The van der Waals surface area contributed by atoms with Crippen molar-refractivity contribution in [2.75, 3.05) is 16.3 Å². The molecule has 3 amide bonds. The highest BCUT2D eigenvalue weighted by molar-refractivity contribution is 6.25. The van der Waals surface area contributed by atoms with Crippen molar-refractivity contribution in [1.29, 1.82) is 0 Å². The van der Waals surface area contributed by atoms with Gasteiger partial charge >= 0.3 is 0 Å². The summed E-state index contributed by atoms with van der Waals surface area (Å²) < 4.78 is 0. The highest BCUT2D eigenvalue weighted by Crippen LogP contribution is 2.57. The smallest absolute Gasteiger partial charge is 0.238 e. The zero-order valence-corrected chi connectivity index (χ0v) is 26.1. The second-order valence-electron chi connectivity index (χ2n) is 12.7. The van der Waals surface area contributed by atoms with Crippen molar-refractivity contribution in [3.8, 4) is 44.5 Å². The summed E-state index contributed by atoms with van der Waals surface area (Å²) in [5.41, 5.74) is 8.60. The number of anilines is 2. The van der Waals surface area contributed by atoms with Gasteiger partial charge in [0, 0.05) is 67.7 Å². The maximum atomic E-state index is 14.2. The monoisotopic (exact) mass is 640 g/mol. The molecule has 4 unspecified atom stereocenters. The van der Waals surface area contributed by atoms with E-state index in [1.165, 1.54) is 4.90 Å². The van der Waals surface area contributed by atoms with Crippen LogP contribution < -0.4 is 9.80 Å². The van der Waals surface area contributed by atoms with Gasteiger partial charge in [0.25, 0.3) is 0 Å². The van der Waals surface area contributed by atoms with Gasteiger partial charge < -0.3 is 4.90 Å². The standard InChI is InChI=1S/C40H28N6O3/c47-38-35-34(23-45(38)32-19-28(24-1-9-41-10-2-24)17-29(20-32)25-3-11-42-12-4-25)36-37(35)40(49)46(39(36)48)33-21-30(26-5-13-43-14-6-26)18-31(22-33)27-7-15-44-16-8-27/h1-22,34-37H,23H2. The molecule has 6 aromatic rings. The van der Waals surface area contributed by atoms with Crippen LogP contribution in [0.5, 0.6) is 0 Å². The number of nitrogens with zero attached hydrogens (tertiary/aromatic N) is 6. The van der Waals surface area contributed by atoms with E-state index in [0.29, 0.717) is 12.2 Å². The second-order valence-corrected chi connectivity index (χ2v) is 12.7. The molecule has 6 heterocycles. The fourth-order valence-corrected chi connectivity index (χ4v) is 7.77. The number of carbonyl (C=O) groups excluding carboxylic acids is 3. The number of fused-ring (bicyclic) bond motifs is 4. The predicted octanol–water partition coefficient (Wildman–Crippen LogP) is 6.33. The number of benzene rings is 2. The predicted molar refractivity (Wildman–Crippen MR) is 185 cm³/mol. The zero-order chi connectivity index (χ0) is 33.1. The lowest BCUT2D eigenvalue weighted by Gasteiger charge is -2.37. The molecule has 236 valence electrons. The lowest BCUT2D eigenvalue weighted by atomic mass is 9.59. The van der Waals surface area contributed by atoms with Crippen LogP contribution in [0.25, 0.3) is 44.5 Å². The molecule has 3 fully saturated rings. The molecule has 49 heavy (non-hydrogen) atoms. The van der Waals surface area contributed by atoms with Crippen LogP contribution in [-0.4, -0.2) is 44.2 Å². The number of pyridine rings is 4. The normalized spacial score (nSPS) is 21.0. The number of rotatable bonds is 6. The Morgan fingerprint density at radius 2 is 0.755 bits per heavy atom. The molecule has 0 bridgehead atoms. The minimum Gasteiger partial charge on any atom is -0.312 e. The summed E-state index contributed by atoms with van der Waals surface area (Å²) in [5, 5.41) is 0. The van der Waals surface area contributed by atoms with Gasteiger partial charge in [0.2, 0.25) is 17.7 Å². The summed E-state index contributed by atoms with van der Waals surface area (Å²) >= 11 is 0. The quantitative estimate of drug-likeness (QED) is 0.196. The molecule has 0 spiro atoms. The summed E-state index contributed by atoms with van der Waals surface area (Å²) in [6.07, 6.45) is 13.8. The first-order valence-electron chi connectivity index (χ1n) is 16.2. The number of carbonyl (C=O) groups is 3. The van der Waals surface area contributed by atoms with E-state index in [9.17, 15) is 14.4 Å². The van der Waals surface area contributed by atoms with Crippen molar-refractivity contribution in [2.45, 2.75) is 0 Å². The van der Waals surface area contributed by atoms with Crippen molar-refractivity contribution in [2.24, 2.45) is 23.7 Å². The van der Waals surface area contributed by atoms with E-state index in [4.69, 9.17) is 0 Å². The van der Waals surface area contributed by atoms with E-state index >= 15 is 0 Å². The van der Waals surface area contributed by atoms with Crippen LogP contribution in [0.4, 0.5) is 11.4 Å². The van der Waals surface area contributed by atoms with Crippen molar-refractivity contribution in [3.63, 3.8) is 0 Å². The van der Waals surface area contributed by atoms with Crippen LogP contribution in [-0.2, 0) is 14.4 Å². The molecule has 0 radical (unpaired) electrons. The number of amides is 3. The van der Waals surface area contributed by atoms with Crippen LogP contribution in [0, 0.1) is 23.7 Å². The van der Waals surface area contributed by atoms with E-state index in [1.807, 2.05) is 78.9 Å². The number of aromatic nitrogens is 4. The SMILES string of the molecule is O=C1C2C(CN1c1cc(-c3ccncc3)cc(-c3ccncc3)c1)C1C(=O)N(c3cc(-c4ccncc4)cc(-c4ccncc4)c3)C(=O)C21. The Balaban J connectivity index is 1.06. The van der Waals surface area contributed by atoms with Crippen molar-refractivity contribution >= 4 is 29.1 Å². The fraction of sp³-hybridized carbons (Fsp3) is 0.125. The van der Waals surface area contributed by atoms with Crippen LogP contribution >= 0.6 is 0 Å². The Labute approximate surface area is 282 Å². The number of imide groups is 1. The molecule has 1 aliphatic carbocycles. The van der Waals surface area contributed by atoms with Crippen LogP contribution in [0.15, 0.2) is 135 Å². The molecule has 9 nitrogen and oxygen atoms in total. The first-order chi connectivity index (χ1) is 24.0. The summed E-state index contributed by atoms with van der Waals surface area (Å²) in [5.74, 6) is -2.73. The van der Waals surface area contributed by atoms with E-state index in [0.717, 1.165) is 50.2 Å². The first kappa shape index (κ1) is 28.8. The summed E-state index contributed by atoms with van der Waals surface area (Å²) in [7, 11) is 0. The van der Waals surface area contributed by atoms with Crippen LogP contribution in [0.1, 0.15) is 0 Å². The number of hydrogen-bond acceptors (Lipinski definition) is 7. The molecule has 2 aromatic carbocycles. The number of hydrogen-bond donors (Lipinski definition) is 0. The Morgan fingerprint density at radius 1 is 0.408 bits per heavy atom. The Kier molecular flexibility index (Phi) is 6.72. The average Bonchev–Trinajstić information content (AvgIpc) is 3.55. The highest BCUT2D eigenvalue weighted by atomic mass is 16.2. The minimum atomic E-state index is -0.688. The molecular formula is C40H28N6O3. The second kappa shape index (κ2) is 11.4. The molecular weight excluding hydrogens is 612 g/mol. The molecule has 4 atom stereocenters. The Bertz CT molecular complexity index is 2130. The van der Waals surface area contributed by atoms with E-state index in [1.54, 1.807) is 54.5 Å². The van der Waals surface area contributed by atoms with Crippen molar-refractivity contribution in [1.82, 2.24) is 19.9 Å². The third kappa shape index (κ3) is 4.73. The molecule has 0 N–H and O–H groups in total. The molecule has 9 heteroatoms. The zero-order valence-electron chi connectivity index (χ0n) is 26.1. The van der Waals surface area contributed by atoms with Gasteiger partial charge in [0.1, 0.15) is 0 Å². The maximum absolute atomic E-state index is 14.2. The van der Waals surface area contributed by atoms with Crippen molar-refractivity contribution < 1.29 is 14.4 Å². The van der Waals surface area contributed by atoms with Gasteiger partial charge in [-0.2, -0.15) is 0 Å². The Hall–Kier alpha value is -6.35. The van der Waals surface area contributed by atoms with Gasteiger partial charge in [0.15, 0.2) is 0 Å². The Morgan fingerprint density at radius 3 is 1.16 bits per heavy atom. The lowest BCUT2D eigenvalue weighted by Crippen LogP contribution is -2.49. The third-order valence-corrected chi connectivity index (χ3v) is 10.1. The molecule has 2 saturated heterocycles. The van der Waals surface area contributed by atoms with Crippen LogP contribution in [0.3, 0.4) is 0 Å². The summed E-state index contributed by atoms with van der Waals surface area (Å²) in [6, 6.07) is 27.2. The third-order valence-electron chi connectivity index (χ3n) is 10.1. The van der Waals surface area contributed by atoms with Gasteiger partial charge in [-0.1, -0.05) is 0 Å². The van der Waals surface area contributed by atoms with Gasteiger partial charge in [-0.15, -0.1) is 0 Å².